The van der Waals surface area contributed by atoms with Crippen LogP contribution in [0.5, 0.6) is 0 Å². The summed E-state index contributed by atoms with van der Waals surface area (Å²) in [7, 11) is -9.91. The van der Waals surface area contributed by atoms with Gasteiger partial charge < -0.3 is 33.8 Å². The highest BCUT2D eigenvalue weighted by molar-refractivity contribution is 7.47. The SMILES string of the molecule is CC(C)CCCCCCCCCCCCCCCCCCC(=O)O[C@H](COC(=O)CCCCCCCCC(C)C)COP(=O)(O)OCC(O)COP(=O)(O)OC[C@@H](COC(=O)CCCCCCCCCCCCCCCCC(C)C)OC(=O)CCCCCCCCCC(C)C. The van der Waals surface area contributed by atoms with Crippen LogP contribution in [0, 0.1) is 23.7 Å². The van der Waals surface area contributed by atoms with E-state index in [0.717, 1.165) is 108 Å². The maximum atomic E-state index is 13.0. The quantitative estimate of drug-likeness (QED) is 0.0222. The summed E-state index contributed by atoms with van der Waals surface area (Å²) in [4.78, 5) is 72.7. The highest BCUT2D eigenvalue weighted by Gasteiger charge is 2.30. The number of carbonyl (C=O) groups is 4. The molecule has 17 nitrogen and oxygen atoms in total. The average molecular weight is 1400 g/mol. The van der Waals surface area contributed by atoms with Crippen LogP contribution in [0.1, 0.15) is 383 Å². The van der Waals surface area contributed by atoms with Crippen LogP contribution >= 0.6 is 15.6 Å². The zero-order valence-electron chi connectivity index (χ0n) is 62.3. The van der Waals surface area contributed by atoms with Gasteiger partial charge in [0.1, 0.15) is 19.3 Å². The van der Waals surface area contributed by atoms with Gasteiger partial charge in [-0.05, 0) is 49.4 Å². The predicted octanol–water partition coefficient (Wildman–Crippen LogP) is 22.0. The zero-order chi connectivity index (χ0) is 70.3. The third-order valence-electron chi connectivity index (χ3n) is 17.6. The van der Waals surface area contributed by atoms with Crippen LogP contribution < -0.4 is 0 Å². The molecule has 0 saturated carbocycles. The maximum absolute atomic E-state index is 13.0. The van der Waals surface area contributed by atoms with Gasteiger partial charge in [0.05, 0.1) is 26.4 Å². The fourth-order valence-electron chi connectivity index (χ4n) is 11.6. The van der Waals surface area contributed by atoms with Crippen LogP contribution in [0.25, 0.3) is 0 Å². The molecule has 3 N–H and O–H groups in total. The van der Waals surface area contributed by atoms with Crippen molar-refractivity contribution in [3.63, 3.8) is 0 Å². The van der Waals surface area contributed by atoms with Crippen molar-refractivity contribution in [2.75, 3.05) is 39.6 Å². The molecule has 0 spiro atoms. The number of rotatable bonds is 73. The van der Waals surface area contributed by atoms with Gasteiger partial charge in [-0.1, -0.05) is 331 Å². The Morgan fingerprint density at radius 1 is 0.263 bits per heavy atom. The topological polar surface area (TPSA) is 237 Å². The van der Waals surface area contributed by atoms with E-state index < -0.39 is 97.5 Å². The molecule has 0 heterocycles. The molecule has 564 valence electrons. The fraction of sp³-hybridized carbons (Fsp3) is 0.947. The summed E-state index contributed by atoms with van der Waals surface area (Å²) in [6, 6.07) is 0. The molecule has 19 heteroatoms. The van der Waals surface area contributed by atoms with Crippen LogP contribution in [0.15, 0.2) is 0 Å². The lowest BCUT2D eigenvalue weighted by atomic mass is 10.0. The van der Waals surface area contributed by atoms with Crippen LogP contribution in [0.3, 0.4) is 0 Å². The minimum Gasteiger partial charge on any atom is -0.462 e. The molecule has 0 saturated heterocycles. The van der Waals surface area contributed by atoms with Crippen molar-refractivity contribution in [2.24, 2.45) is 23.7 Å². The molecule has 0 aromatic carbocycles. The molecule has 5 atom stereocenters. The first-order valence-corrected chi connectivity index (χ1v) is 42.2. The predicted molar refractivity (Wildman–Crippen MR) is 386 cm³/mol. The molecule has 3 unspecified atom stereocenters. The standard InChI is InChI=1S/C76H148O17P2/c1-66(2)52-44-36-28-23-19-15-11-9-10-12-18-22-26-32-42-50-58-75(80)92-72(63-87-74(79)57-49-41-35-34-39-47-55-69(7)8)65-91-95(84,85)89-61-70(77)60-88-94(82,83)90-64-71(93-76(81)59-51-43-33-27-30-38-46-54-68(5)6)62-86-73(78)56-48-40-31-25-21-17-14-13-16-20-24-29-37-45-53-67(3)4/h66-72,77H,9-65H2,1-8H3,(H,82,83)(H,84,85)/t70?,71-,72-/m1/s1. The van der Waals surface area contributed by atoms with Crippen molar-refractivity contribution in [2.45, 2.75) is 401 Å². The molecule has 0 aromatic rings. The lowest BCUT2D eigenvalue weighted by Gasteiger charge is -2.21. The third-order valence-corrected chi connectivity index (χ3v) is 19.5. The monoisotopic (exact) mass is 1400 g/mol. The molecule has 0 rings (SSSR count). The minimum absolute atomic E-state index is 0.103. The number of hydrogen-bond acceptors (Lipinski definition) is 15. The number of unbranched alkanes of at least 4 members (excludes halogenated alkanes) is 39. The molecule has 0 aliphatic carbocycles. The first kappa shape index (κ1) is 93.1. The van der Waals surface area contributed by atoms with E-state index >= 15 is 0 Å². The highest BCUT2D eigenvalue weighted by Crippen LogP contribution is 2.45. The Hall–Kier alpha value is -1.94. The summed E-state index contributed by atoms with van der Waals surface area (Å²) in [5.41, 5.74) is 0. The lowest BCUT2D eigenvalue weighted by Crippen LogP contribution is -2.30. The van der Waals surface area contributed by atoms with Crippen LogP contribution in [0.2, 0.25) is 0 Å². The Bertz CT molecular complexity index is 1870. The second-order valence-corrected chi connectivity index (χ2v) is 32.2. The highest BCUT2D eigenvalue weighted by atomic mass is 31.2. The maximum Gasteiger partial charge on any atom is 0.472 e. The van der Waals surface area contributed by atoms with E-state index in [2.05, 4.69) is 55.4 Å². The molecule has 0 amide bonds. The van der Waals surface area contributed by atoms with E-state index in [-0.39, 0.29) is 25.7 Å². The van der Waals surface area contributed by atoms with Crippen molar-refractivity contribution in [3.05, 3.63) is 0 Å². The molecule has 0 radical (unpaired) electrons. The third kappa shape index (κ3) is 70.3. The summed E-state index contributed by atoms with van der Waals surface area (Å²) in [5.74, 6) is 0.858. The van der Waals surface area contributed by atoms with Gasteiger partial charge in [0.25, 0.3) is 0 Å². The number of phosphoric acid groups is 2. The first-order valence-electron chi connectivity index (χ1n) is 39.2. The lowest BCUT2D eigenvalue weighted by molar-refractivity contribution is -0.161. The van der Waals surface area contributed by atoms with Gasteiger partial charge in [0.2, 0.25) is 0 Å². The Balaban J connectivity index is 5.16. The van der Waals surface area contributed by atoms with Gasteiger partial charge in [0.15, 0.2) is 12.2 Å². The van der Waals surface area contributed by atoms with Crippen molar-refractivity contribution < 1.29 is 80.2 Å². The van der Waals surface area contributed by atoms with Gasteiger partial charge in [0, 0.05) is 25.7 Å². The van der Waals surface area contributed by atoms with E-state index in [1.807, 2.05) is 0 Å². The zero-order valence-corrected chi connectivity index (χ0v) is 64.1. The molecular weight excluding hydrogens is 1250 g/mol. The molecule has 0 fully saturated rings. The Labute approximate surface area is 581 Å². The van der Waals surface area contributed by atoms with E-state index in [9.17, 15) is 43.2 Å². The summed E-state index contributed by atoms with van der Waals surface area (Å²) in [6.07, 6.45) is 50.3. The van der Waals surface area contributed by atoms with Gasteiger partial charge in [-0.25, -0.2) is 9.13 Å². The van der Waals surface area contributed by atoms with Crippen LogP contribution in [0.4, 0.5) is 0 Å². The number of carbonyl (C=O) groups excluding carboxylic acids is 4. The van der Waals surface area contributed by atoms with Crippen molar-refractivity contribution in [1.29, 1.82) is 0 Å². The Morgan fingerprint density at radius 2 is 0.442 bits per heavy atom. The number of aliphatic hydroxyl groups excluding tert-OH is 1. The second-order valence-electron chi connectivity index (χ2n) is 29.3. The molecular formula is C76H148O17P2. The largest absolute Gasteiger partial charge is 0.472 e. The first-order chi connectivity index (χ1) is 45.6. The van der Waals surface area contributed by atoms with Crippen molar-refractivity contribution in [1.82, 2.24) is 0 Å². The van der Waals surface area contributed by atoms with Crippen molar-refractivity contribution >= 4 is 39.5 Å². The number of aliphatic hydroxyl groups is 1. The molecule has 0 aromatic heterocycles. The van der Waals surface area contributed by atoms with Crippen LogP contribution in [-0.2, 0) is 65.4 Å². The number of phosphoric ester groups is 2. The number of ether oxygens (including phenoxy) is 4. The van der Waals surface area contributed by atoms with E-state index in [4.69, 9.17) is 37.0 Å². The number of esters is 4. The Morgan fingerprint density at radius 3 is 0.653 bits per heavy atom. The number of hydrogen-bond donors (Lipinski definition) is 3. The summed E-state index contributed by atoms with van der Waals surface area (Å²) < 4.78 is 68.4. The van der Waals surface area contributed by atoms with E-state index in [1.54, 1.807) is 0 Å². The second kappa shape index (κ2) is 65.4. The van der Waals surface area contributed by atoms with E-state index in [1.165, 1.54) is 180 Å². The van der Waals surface area contributed by atoms with Gasteiger partial charge in [-0.2, -0.15) is 0 Å². The van der Waals surface area contributed by atoms with Gasteiger partial charge in [-0.3, -0.25) is 37.3 Å². The average Bonchev–Trinajstić information content (AvgIpc) is 1.75. The van der Waals surface area contributed by atoms with Crippen LogP contribution in [-0.4, -0.2) is 96.7 Å². The summed E-state index contributed by atoms with van der Waals surface area (Å²) in [6.45, 7) is 14.1. The summed E-state index contributed by atoms with van der Waals surface area (Å²) in [5, 5.41) is 10.6. The normalized spacial score (nSPS) is 14.1. The van der Waals surface area contributed by atoms with Crippen molar-refractivity contribution in [3.8, 4) is 0 Å². The Kier molecular flexibility index (Phi) is 64.0. The minimum atomic E-state index is -4.96. The van der Waals surface area contributed by atoms with Gasteiger partial charge >= 0.3 is 39.5 Å². The smallest absolute Gasteiger partial charge is 0.462 e. The molecule has 95 heavy (non-hydrogen) atoms. The molecule has 0 bridgehead atoms. The molecule has 0 aliphatic heterocycles. The van der Waals surface area contributed by atoms with E-state index in [0.29, 0.717) is 37.5 Å². The fourth-order valence-corrected chi connectivity index (χ4v) is 13.1. The summed E-state index contributed by atoms with van der Waals surface area (Å²) >= 11 is 0. The van der Waals surface area contributed by atoms with Gasteiger partial charge in [-0.15, -0.1) is 0 Å². The molecule has 0 aliphatic rings.